The van der Waals surface area contributed by atoms with E-state index in [0.29, 0.717) is 50.2 Å². The van der Waals surface area contributed by atoms with Crippen molar-refractivity contribution in [3.8, 4) is 0 Å². The van der Waals surface area contributed by atoms with E-state index in [4.69, 9.17) is 9.47 Å². The van der Waals surface area contributed by atoms with Crippen LogP contribution >= 0.6 is 0 Å². The minimum absolute atomic E-state index is 0.0131. The Kier molecular flexibility index (Phi) is 7.07. The third-order valence-electron chi connectivity index (χ3n) is 7.54. The highest BCUT2D eigenvalue weighted by Crippen LogP contribution is 2.39. The lowest BCUT2D eigenvalue weighted by molar-refractivity contribution is -0.128. The Hall–Kier alpha value is -3.23. The van der Waals surface area contributed by atoms with E-state index in [-0.39, 0.29) is 30.4 Å². The van der Waals surface area contributed by atoms with Crippen LogP contribution in [-0.2, 0) is 14.3 Å². The first-order chi connectivity index (χ1) is 17.5. The number of nitrogens with one attached hydrogen (secondary N) is 1. The predicted molar refractivity (Wildman–Crippen MR) is 133 cm³/mol. The van der Waals surface area contributed by atoms with Gasteiger partial charge in [0.05, 0.1) is 12.7 Å². The van der Waals surface area contributed by atoms with E-state index in [1.165, 1.54) is 0 Å². The van der Waals surface area contributed by atoms with Gasteiger partial charge in [-0.2, -0.15) is 0 Å². The molecule has 3 saturated heterocycles. The van der Waals surface area contributed by atoms with Crippen molar-refractivity contribution in [3.63, 3.8) is 0 Å². The van der Waals surface area contributed by atoms with Gasteiger partial charge in [-0.05, 0) is 43.5 Å². The Balaban J connectivity index is 1.34. The summed E-state index contributed by atoms with van der Waals surface area (Å²) in [6.45, 7) is 4.08. The zero-order valence-electron chi connectivity index (χ0n) is 20.7. The zero-order chi connectivity index (χ0) is 25.1. The minimum atomic E-state index is -0.929. The Morgan fingerprint density at radius 2 is 1.72 bits per heavy atom. The standard InChI is InChI=1S/C28H33N3O5/c1-20-8-5-6-12-23(20)27(34)30-15-13-28(14-16-30)31(26(33)21-9-3-2-4-10-21)24(19-36-28)25(32)29-18-22-11-7-17-35-22/h2-6,8-10,12,22,24H,7,11,13-19H2,1H3,(H,29,32)/t22-,24+/m0/s1. The van der Waals surface area contributed by atoms with E-state index < -0.39 is 11.8 Å². The molecule has 2 aromatic rings. The SMILES string of the molecule is Cc1ccccc1C(=O)N1CCC2(CC1)OC[C@H](C(=O)NC[C@@H]1CCCO1)N2C(=O)c1ccccc1. The molecule has 0 aromatic heterocycles. The van der Waals surface area contributed by atoms with Crippen molar-refractivity contribution >= 4 is 17.7 Å². The van der Waals surface area contributed by atoms with Crippen molar-refractivity contribution in [2.75, 3.05) is 32.8 Å². The minimum Gasteiger partial charge on any atom is -0.376 e. The summed E-state index contributed by atoms with van der Waals surface area (Å²) in [7, 11) is 0. The number of piperidine rings is 1. The third kappa shape index (κ3) is 4.75. The zero-order valence-corrected chi connectivity index (χ0v) is 20.7. The molecule has 2 atom stereocenters. The Morgan fingerprint density at radius 3 is 2.42 bits per heavy atom. The summed E-state index contributed by atoms with van der Waals surface area (Å²) in [5.41, 5.74) is 1.20. The lowest BCUT2D eigenvalue weighted by Gasteiger charge is -2.44. The van der Waals surface area contributed by atoms with Gasteiger partial charge in [-0.25, -0.2) is 0 Å². The van der Waals surface area contributed by atoms with Crippen molar-refractivity contribution in [2.24, 2.45) is 0 Å². The number of carbonyl (C=O) groups is 3. The van der Waals surface area contributed by atoms with E-state index in [0.717, 1.165) is 18.4 Å². The van der Waals surface area contributed by atoms with Crippen LogP contribution in [0.4, 0.5) is 0 Å². The Bertz CT molecular complexity index is 1110. The molecule has 0 radical (unpaired) electrons. The second kappa shape index (κ2) is 10.4. The van der Waals surface area contributed by atoms with E-state index in [1.54, 1.807) is 17.0 Å². The molecule has 3 amide bonds. The number of aryl methyl sites for hydroxylation is 1. The summed E-state index contributed by atoms with van der Waals surface area (Å²) >= 11 is 0. The molecule has 3 fully saturated rings. The average Bonchev–Trinajstić information content (AvgIpc) is 3.56. The molecular formula is C28H33N3O5. The second-order valence-electron chi connectivity index (χ2n) is 9.80. The quantitative estimate of drug-likeness (QED) is 0.695. The number of likely N-dealkylation sites (tertiary alicyclic amines) is 1. The average molecular weight is 492 g/mol. The highest BCUT2D eigenvalue weighted by molar-refractivity contribution is 5.99. The summed E-state index contributed by atoms with van der Waals surface area (Å²) in [6, 6.07) is 15.8. The fraction of sp³-hybridized carbons (Fsp3) is 0.464. The van der Waals surface area contributed by atoms with Crippen molar-refractivity contribution in [1.29, 1.82) is 0 Å². The number of hydrogen-bond acceptors (Lipinski definition) is 5. The van der Waals surface area contributed by atoms with Crippen LogP contribution in [0.5, 0.6) is 0 Å². The first-order valence-corrected chi connectivity index (χ1v) is 12.8. The van der Waals surface area contributed by atoms with E-state index in [2.05, 4.69) is 5.32 Å². The lowest BCUT2D eigenvalue weighted by Crippen LogP contribution is -2.60. The molecule has 0 bridgehead atoms. The van der Waals surface area contributed by atoms with E-state index in [1.807, 2.05) is 54.3 Å². The van der Waals surface area contributed by atoms with E-state index in [9.17, 15) is 14.4 Å². The number of amides is 3. The lowest BCUT2D eigenvalue weighted by atomic mass is 9.95. The van der Waals surface area contributed by atoms with Gasteiger partial charge in [0.15, 0.2) is 0 Å². The largest absolute Gasteiger partial charge is 0.376 e. The molecule has 8 heteroatoms. The summed E-state index contributed by atoms with van der Waals surface area (Å²) in [5.74, 6) is -0.484. The second-order valence-corrected chi connectivity index (χ2v) is 9.80. The van der Waals surface area contributed by atoms with Crippen LogP contribution in [0.15, 0.2) is 54.6 Å². The third-order valence-corrected chi connectivity index (χ3v) is 7.54. The number of benzene rings is 2. The summed E-state index contributed by atoms with van der Waals surface area (Å²) in [5, 5.41) is 2.98. The Labute approximate surface area is 211 Å². The molecule has 2 aromatic carbocycles. The number of rotatable bonds is 5. The van der Waals surface area contributed by atoms with Crippen LogP contribution in [0.3, 0.4) is 0 Å². The van der Waals surface area contributed by atoms with Crippen LogP contribution in [0.1, 0.15) is 52.0 Å². The molecular weight excluding hydrogens is 458 g/mol. The molecule has 3 aliphatic heterocycles. The number of ether oxygens (including phenoxy) is 2. The van der Waals surface area contributed by atoms with Crippen LogP contribution in [0.2, 0.25) is 0 Å². The van der Waals surface area contributed by atoms with Gasteiger partial charge in [0, 0.05) is 50.2 Å². The van der Waals surface area contributed by atoms with Gasteiger partial charge >= 0.3 is 0 Å². The molecule has 36 heavy (non-hydrogen) atoms. The van der Waals surface area contributed by atoms with Gasteiger partial charge in [0.2, 0.25) is 5.91 Å². The number of nitrogens with zero attached hydrogens (tertiary/aromatic N) is 2. The van der Waals surface area contributed by atoms with E-state index >= 15 is 0 Å². The molecule has 1 N–H and O–H groups in total. The maximum atomic E-state index is 13.7. The van der Waals surface area contributed by atoms with Crippen LogP contribution in [0.25, 0.3) is 0 Å². The van der Waals surface area contributed by atoms with Gasteiger partial charge < -0.3 is 19.7 Å². The summed E-state index contributed by atoms with van der Waals surface area (Å²) < 4.78 is 11.9. The first-order valence-electron chi connectivity index (χ1n) is 12.8. The summed E-state index contributed by atoms with van der Waals surface area (Å²) in [6.07, 6.45) is 2.81. The van der Waals surface area contributed by atoms with Gasteiger partial charge in [-0.3, -0.25) is 19.3 Å². The van der Waals surface area contributed by atoms with Crippen LogP contribution in [-0.4, -0.2) is 78.2 Å². The normalized spacial score (nSPS) is 23.1. The van der Waals surface area contributed by atoms with Crippen LogP contribution in [0, 0.1) is 6.92 Å². The molecule has 1 spiro atoms. The number of hydrogen-bond donors (Lipinski definition) is 1. The van der Waals surface area contributed by atoms with Crippen molar-refractivity contribution in [3.05, 3.63) is 71.3 Å². The highest BCUT2D eigenvalue weighted by atomic mass is 16.5. The molecule has 0 saturated carbocycles. The molecule has 0 aliphatic carbocycles. The smallest absolute Gasteiger partial charge is 0.256 e. The molecule has 5 rings (SSSR count). The Morgan fingerprint density at radius 1 is 1.00 bits per heavy atom. The van der Waals surface area contributed by atoms with Crippen molar-refractivity contribution < 1.29 is 23.9 Å². The topological polar surface area (TPSA) is 88.2 Å². The van der Waals surface area contributed by atoms with Gasteiger partial charge in [-0.15, -0.1) is 0 Å². The van der Waals surface area contributed by atoms with Gasteiger partial charge in [0.1, 0.15) is 11.8 Å². The van der Waals surface area contributed by atoms with Gasteiger partial charge in [0.25, 0.3) is 11.8 Å². The van der Waals surface area contributed by atoms with Crippen molar-refractivity contribution in [1.82, 2.24) is 15.1 Å². The first kappa shape index (κ1) is 24.5. The number of carbonyl (C=O) groups excluding carboxylic acids is 3. The molecule has 8 nitrogen and oxygen atoms in total. The maximum Gasteiger partial charge on any atom is 0.256 e. The fourth-order valence-electron chi connectivity index (χ4n) is 5.47. The van der Waals surface area contributed by atoms with Gasteiger partial charge in [-0.1, -0.05) is 36.4 Å². The predicted octanol–water partition coefficient (Wildman–Crippen LogP) is 2.76. The molecule has 190 valence electrons. The van der Waals surface area contributed by atoms with Crippen LogP contribution < -0.4 is 5.32 Å². The monoisotopic (exact) mass is 491 g/mol. The maximum absolute atomic E-state index is 13.7. The summed E-state index contributed by atoms with van der Waals surface area (Å²) in [4.78, 5) is 43.6. The highest BCUT2D eigenvalue weighted by Gasteiger charge is 2.54. The molecule has 3 aliphatic rings. The molecule has 0 unspecified atom stereocenters. The molecule has 3 heterocycles. The fourth-order valence-corrected chi connectivity index (χ4v) is 5.47. The van der Waals surface area contributed by atoms with Crippen molar-refractivity contribution in [2.45, 2.75) is 50.5 Å².